The first kappa shape index (κ1) is 17.8. The highest BCUT2D eigenvalue weighted by molar-refractivity contribution is 7.85. The molecule has 7 heteroatoms. The van der Waals surface area contributed by atoms with Gasteiger partial charge in [-0.3, -0.25) is 4.79 Å². The number of fused-ring (bicyclic) bond motifs is 1. The van der Waals surface area contributed by atoms with Gasteiger partial charge < -0.3 is 9.54 Å². The molecule has 0 aliphatic heterocycles. The summed E-state index contributed by atoms with van der Waals surface area (Å²) in [7, 11) is -2.28. The van der Waals surface area contributed by atoms with Gasteiger partial charge in [0.15, 0.2) is 11.9 Å². The maximum Gasteiger partial charge on any atom is 0.248 e. The first-order valence-electron chi connectivity index (χ1n) is 7.19. The van der Waals surface area contributed by atoms with Gasteiger partial charge in [-0.1, -0.05) is 17.7 Å². The molecular formula is C17H18N2O4S. The molecule has 0 aliphatic rings. The second-order valence-corrected chi connectivity index (χ2v) is 6.81. The quantitative estimate of drug-likeness (QED) is 0.534. The molecule has 6 nitrogen and oxygen atoms in total. The van der Waals surface area contributed by atoms with E-state index >= 15 is 0 Å². The normalized spacial score (nSPS) is 11.0. The number of nitrogens with zero attached hydrogens (tertiary/aromatic N) is 1. The van der Waals surface area contributed by atoms with E-state index < -0.39 is 10.1 Å². The molecule has 24 heavy (non-hydrogen) atoms. The lowest BCUT2D eigenvalue weighted by Gasteiger charge is -2.05. The Morgan fingerprint density at radius 3 is 2.21 bits per heavy atom. The van der Waals surface area contributed by atoms with Gasteiger partial charge in [-0.15, -0.1) is 0 Å². The van der Waals surface area contributed by atoms with Crippen LogP contribution in [-0.4, -0.2) is 18.0 Å². The predicted molar refractivity (Wildman–Crippen MR) is 89.6 cm³/mol. The van der Waals surface area contributed by atoms with Gasteiger partial charge in [-0.2, -0.15) is 0 Å². The predicted octanol–water partition coefficient (Wildman–Crippen LogP) is 1.56. The zero-order valence-electron chi connectivity index (χ0n) is 13.6. The Labute approximate surface area is 140 Å². The van der Waals surface area contributed by atoms with Gasteiger partial charge in [0.05, 0.1) is 15.8 Å². The van der Waals surface area contributed by atoms with E-state index in [9.17, 15) is 17.8 Å². The van der Waals surface area contributed by atoms with Gasteiger partial charge in [0.25, 0.3) is 0 Å². The van der Waals surface area contributed by atoms with Crippen LogP contribution < -0.4 is 10.1 Å². The van der Waals surface area contributed by atoms with E-state index in [0.29, 0.717) is 0 Å². The smallest absolute Gasteiger partial charge is 0.248 e. The second kappa shape index (κ2) is 6.94. The van der Waals surface area contributed by atoms with Crippen LogP contribution in [0.3, 0.4) is 0 Å². The SMILES string of the molecule is Cc1c2ccc(=O)[nH]c2cc[n+]1C.Cc1ccc(S(=O)(=O)[O-])cc1. The number of H-pyrrole nitrogens is 1. The highest BCUT2D eigenvalue weighted by Gasteiger charge is 2.06. The topological polar surface area (TPSA) is 93.9 Å². The van der Waals surface area contributed by atoms with E-state index in [0.717, 1.165) is 22.2 Å². The van der Waals surface area contributed by atoms with Crippen LogP contribution >= 0.6 is 0 Å². The van der Waals surface area contributed by atoms with Gasteiger partial charge >= 0.3 is 0 Å². The third-order valence-electron chi connectivity index (χ3n) is 3.64. The van der Waals surface area contributed by atoms with E-state index in [-0.39, 0.29) is 10.5 Å². The molecule has 3 aromatic rings. The molecule has 0 saturated heterocycles. The lowest BCUT2D eigenvalue weighted by Crippen LogP contribution is -2.31. The minimum Gasteiger partial charge on any atom is -0.744 e. The number of hydrogen-bond donors (Lipinski definition) is 1. The van der Waals surface area contributed by atoms with Crippen LogP contribution in [0, 0.1) is 13.8 Å². The Hall–Kier alpha value is -2.51. The van der Waals surface area contributed by atoms with Crippen molar-refractivity contribution in [1.82, 2.24) is 4.98 Å². The van der Waals surface area contributed by atoms with Crippen molar-refractivity contribution in [3.8, 4) is 0 Å². The average molecular weight is 346 g/mol. The minimum absolute atomic E-state index is 0.0549. The molecule has 3 rings (SSSR count). The van der Waals surface area contributed by atoms with Crippen LogP contribution in [0.4, 0.5) is 0 Å². The third kappa shape index (κ3) is 4.27. The van der Waals surface area contributed by atoms with Crippen molar-refractivity contribution in [2.24, 2.45) is 7.05 Å². The summed E-state index contributed by atoms with van der Waals surface area (Å²) in [5.74, 6) is 0. The van der Waals surface area contributed by atoms with Crippen LogP contribution in [-0.2, 0) is 17.2 Å². The molecule has 126 valence electrons. The van der Waals surface area contributed by atoms with Crippen molar-refractivity contribution < 1.29 is 17.5 Å². The number of rotatable bonds is 1. The lowest BCUT2D eigenvalue weighted by molar-refractivity contribution is -0.676. The van der Waals surface area contributed by atoms with Crippen molar-refractivity contribution in [2.45, 2.75) is 18.7 Å². The number of benzene rings is 1. The van der Waals surface area contributed by atoms with Gasteiger partial charge in [-0.05, 0) is 25.1 Å². The molecule has 0 radical (unpaired) electrons. The third-order valence-corrected chi connectivity index (χ3v) is 4.49. The molecule has 0 atom stereocenters. The van der Waals surface area contributed by atoms with E-state index in [2.05, 4.69) is 4.98 Å². The molecule has 0 unspecified atom stereocenters. The first-order chi connectivity index (χ1) is 11.2. The molecule has 1 aromatic carbocycles. The number of hydrogen-bond acceptors (Lipinski definition) is 4. The van der Waals surface area contributed by atoms with Crippen molar-refractivity contribution >= 4 is 21.0 Å². The van der Waals surface area contributed by atoms with Gasteiger partial charge in [0.1, 0.15) is 17.2 Å². The first-order valence-corrected chi connectivity index (χ1v) is 8.60. The van der Waals surface area contributed by atoms with Crippen LogP contribution in [0.25, 0.3) is 10.9 Å². The van der Waals surface area contributed by atoms with Crippen molar-refractivity contribution in [3.05, 3.63) is 70.3 Å². The molecule has 0 spiro atoms. The minimum atomic E-state index is -4.27. The van der Waals surface area contributed by atoms with Crippen molar-refractivity contribution in [3.63, 3.8) is 0 Å². The molecule has 2 heterocycles. The Kier molecular flexibility index (Phi) is 5.16. The van der Waals surface area contributed by atoms with E-state index in [1.165, 1.54) is 12.1 Å². The zero-order valence-corrected chi connectivity index (χ0v) is 14.4. The number of aromatic amines is 1. The highest BCUT2D eigenvalue weighted by atomic mass is 32.2. The molecule has 0 bridgehead atoms. The van der Waals surface area contributed by atoms with Gasteiger partial charge in [0.2, 0.25) is 5.56 Å². The number of nitrogens with one attached hydrogen (secondary N) is 1. The monoisotopic (exact) mass is 346 g/mol. The summed E-state index contributed by atoms with van der Waals surface area (Å²) in [5.41, 5.74) is 2.91. The number of aryl methyl sites for hydroxylation is 3. The standard InChI is InChI=1S/C10H10N2O.C7H8O3S/c1-7-8-3-4-10(13)11-9(8)5-6-12(7)2;1-6-2-4-7(5-3-6)11(8,9)10/h3-6H,1-2H3;2-5H,1H3,(H,8,9,10). The lowest BCUT2D eigenvalue weighted by atomic mass is 10.2. The Bertz CT molecular complexity index is 1020. The summed E-state index contributed by atoms with van der Waals surface area (Å²) in [6.45, 7) is 3.85. The van der Waals surface area contributed by atoms with Crippen molar-refractivity contribution in [1.29, 1.82) is 0 Å². The molecule has 1 N–H and O–H groups in total. The molecule has 0 saturated carbocycles. The molecule has 0 fully saturated rings. The number of aromatic nitrogens is 2. The fourth-order valence-electron chi connectivity index (χ4n) is 2.13. The largest absolute Gasteiger partial charge is 0.744 e. The van der Waals surface area contributed by atoms with Gasteiger partial charge in [-0.25, -0.2) is 13.0 Å². The zero-order chi connectivity index (χ0) is 17.9. The molecule has 0 aliphatic carbocycles. The Balaban J connectivity index is 0.000000177. The van der Waals surface area contributed by atoms with Crippen LogP contribution in [0.15, 0.2) is 58.4 Å². The summed E-state index contributed by atoms with van der Waals surface area (Å²) in [6, 6.07) is 11.1. The Morgan fingerprint density at radius 1 is 1.00 bits per heavy atom. The molecular weight excluding hydrogens is 328 g/mol. The summed E-state index contributed by atoms with van der Waals surface area (Å²) in [6.07, 6.45) is 1.94. The van der Waals surface area contributed by atoms with Crippen LogP contribution in [0.2, 0.25) is 0 Å². The average Bonchev–Trinajstić information content (AvgIpc) is 2.51. The fraction of sp³-hybridized carbons (Fsp3) is 0.176. The van der Waals surface area contributed by atoms with Gasteiger partial charge in [0, 0.05) is 19.1 Å². The van der Waals surface area contributed by atoms with Crippen molar-refractivity contribution in [2.75, 3.05) is 0 Å². The summed E-state index contributed by atoms with van der Waals surface area (Å²) in [5, 5.41) is 1.09. The number of pyridine rings is 2. The maximum absolute atomic E-state index is 11.0. The highest BCUT2D eigenvalue weighted by Crippen LogP contribution is 2.09. The van der Waals surface area contributed by atoms with E-state index in [1.54, 1.807) is 18.2 Å². The van der Waals surface area contributed by atoms with Crippen LogP contribution in [0.1, 0.15) is 11.3 Å². The summed E-state index contributed by atoms with van der Waals surface area (Å²) < 4.78 is 33.2. The maximum atomic E-state index is 11.0. The van der Waals surface area contributed by atoms with E-state index in [1.807, 2.05) is 43.8 Å². The molecule has 2 aromatic heterocycles. The van der Waals surface area contributed by atoms with Crippen LogP contribution in [0.5, 0.6) is 0 Å². The summed E-state index contributed by atoms with van der Waals surface area (Å²) >= 11 is 0. The summed E-state index contributed by atoms with van der Waals surface area (Å²) in [4.78, 5) is 13.6. The van der Waals surface area contributed by atoms with E-state index in [4.69, 9.17) is 0 Å². The Morgan fingerprint density at radius 2 is 1.62 bits per heavy atom. The fourth-order valence-corrected chi connectivity index (χ4v) is 2.60. The molecule has 0 amide bonds. The second-order valence-electron chi connectivity index (χ2n) is 5.43.